The lowest BCUT2D eigenvalue weighted by atomic mass is 10.0. The fraction of sp³-hybridized carbons (Fsp3) is 0.421. The van der Waals surface area contributed by atoms with Gasteiger partial charge in [-0.3, -0.25) is 4.98 Å². The lowest BCUT2D eigenvalue weighted by Crippen LogP contribution is -2.41. The lowest BCUT2D eigenvalue weighted by Gasteiger charge is -2.31. The summed E-state index contributed by atoms with van der Waals surface area (Å²) in [5, 5.41) is 0. The summed E-state index contributed by atoms with van der Waals surface area (Å²) in [5.41, 5.74) is 0.863. The van der Waals surface area contributed by atoms with Gasteiger partial charge in [0.25, 0.3) is 0 Å². The second-order valence-corrected chi connectivity index (χ2v) is 8.55. The minimum Gasteiger partial charge on any atom is -0.494 e. The minimum atomic E-state index is -3.76. The molecule has 1 aromatic heterocycles. The van der Waals surface area contributed by atoms with Gasteiger partial charge in [-0.2, -0.15) is 4.31 Å². The van der Waals surface area contributed by atoms with Crippen LogP contribution in [0.25, 0.3) is 0 Å². The summed E-state index contributed by atoms with van der Waals surface area (Å²) in [4.78, 5) is 4.06. The summed E-state index contributed by atoms with van der Waals surface area (Å²) in [6.07, 6.45) is 3.30. The van der Waals surface area contributed by atoms with Crippen molar-refractivity contribution in [2.75, 3.05) is 26.8 Å². The van der Waals surface area contributed by atoms with Gasteiger partial charge in [0.05, 0.1) is 18.6 Å². The molecule has 1 aromatic carbocycles. The van der Waals surface area contributed by atoms with Gasteiger partial charge in [-0.1, -0.05) is 0 Å². The van der Waals surface area contributed by atoms with Gasteiger partial charge in [0, 0.05) is 37.0 Å². The average Bonchev–Trinajstić information content (AvgIpc) is 2.66. The molecule has 1 fully saturated rings. The molecule has 0 spiro atoms. The molecule has 6 nitrogen and oxygen atoms in total. The first-order valence-corrected chi connectivity index (χ1v) is 10.2. The molecule has 0 radical (unpaired) electrons. The Morgan fingerprint density at radius 3 is 2.81 bits per heavy atom. The summed E-state index contributed by atoms with van der Waals surface area (Å²) < 4.78 is 51.7. The summed E-state index contributed by atoms with van der Waals surface area (Å²) in [5.74, 6) is 0.125. The van der Waals surface area contributed by atoms with Gasteiger partial charge >= 0.3 is 0 Å². The minimum absolute atomic E-state index is 0.0199. The third-order valence-electron chi connectivity index (χ3n) is 4.60. The highest BCUT2D eigenvalue weighted by atomic mass is 32.2. The van der Waals surface area contributed by atoms with Crippen LogP contribution in [0.1, 0.15) is 18.5 Å². The van der Waals surface area contributed by atoms with Gasteiger partial charge in [-0.05, 0) is 44.0 Å². The SMILES string of the molecule is COc1ccc(S(=O)(=O)N2CCCC(COc3ccnc(C)c3)C2)cc1F. The van der Waals surface area contributed by atoms with Gasteiger partial charge in [-0.15, -0.1) is 0 Å². The molecule has 1 atom stereocenters. The number of ether oxygens (including phenoxy) is 2. The van der Waals surface area contributed by atoms with Crippen LogP contribution < -0.4 is 9.47 Å². The van der Waals surface area contributed by atoms with Crippen LogP contribution in [-0.4, -0.2) is 44.5 Å². The molecule has 0 aliphatic carbocycles. The quantitative estimate of drug-likeness (QED) is 0.753. The van der Waals surface area contributed by atoms with Crippen LogP contribution in [0.3, 0.4) is 0 Å². The number of hydrogen-bond donors (Lipinski definition) is 0. The maximum Gasteiger partial charge on any atom is 0.243 e. The van der Waals surface area contributed by atoms with Crippen LogP contribution in [0.15, 0.2) is 41.4 Å². The molecule has 1 aliphatic heterocycles. The molecule has 0 amide bonds. The molecule has 3 rings (SSSR count). The fourth-order valence-corrected chi connectivity index (χ4v) is 4.73. The van der Waals surface area contributed by atoms with E-state index in [4.69, 9.17) is 9.47 Å². The maximum atomic E-state index is 13.9. The van der Waals surface area contributed by atoms with Gasteiger partial charge in [-0.25, -0.2) is 12.8 Å². The van der Waals surface area contributed by atoms with Crippen molar-refractivity contribution >= 4 is 10.0 Å². The number of pyridine rings is 1. The number of sulfonamides is 1. The van der Waals surface area contributed by atoms with Gasteiger partial charge in [0.2, 0.25) is 10.0 Å². The number of nitrogens with zero attached hydrogens (tertiary/aromatic N) is 2. The molecule has 1 saturated heterocycles. The molecule has 0 N–H and O–H groups in total. The molecular weight excluding hydrogens is 371 g/mol. The van der Waals surface area contributed by atoms with Crippen molar-refractivity contribution in [1.82, 2.24) is 9.29 Å². The summed E-state index contributed by atoms with van der Waals surface area (Å²) in [6, 6.07) is 7.34. The number of aromatic nitrogens is 1. The van der Waals surface area contributed by atoms with E-state index in [1.54, 1.807) is 12.3 Å². The standard InChI is InChI=1S/C19H23FN2O4S/c1-14-10-16(7-8-21-14)26-13-15-4-3-9-22(12-15)27(23,24)17-5-6-19(25-2)18(20)11-17/h5-8,10-11,15H,3-4,9,12-13H2,1-2H3. The summed E-state index contributed by atoms with van der Waals surface area (Å²) >= 11 is 0. The Morgan fingerprint density at radius 2 is 2.11 bits per heavy atom. The zero-order valence-electron chi connectivity index (χ0n) is 15.4. The van der Waals surface area contributed by atoms with E-state index in [1.165, 1.54) is 23.5 Å². The highest BCUT2D eigenvalue weighted by Crippen LogP contribution is 2.27. The highest BCUT2D eigenvalue weighted by molar-refractivity contribution is 7.89. The smallest absolute Gasteiger partial charge is 0.243 e. The third kappa shape index (κ3) is 4.56. The number of rotatable bonds is 6. The Bertz CT molecular complexity index is 904. The topological polar surface area (TPSA) is 68.7 Å². The molecule has 1 unspecified atom stereocenters. The number of halogens is 1. The second kappa shape index (κ2) is 8.22. The zero-order chi connectivity index (χ0) is 19.4. The van der Waals surface area contributed by atoms with Crippen molar-refractivity contribution in [3.8, 4) is 11.5 Å². The number of methoxy groups -OCH3 is 1. The van der Waals surface area contributed by atoms with Crippen molar-refractivity contribution in [3.63, 3.8) is 0 Å². The molecule has 0 saturated carbocycles. The fourth-order valence-electron chi connectivity index (χ4n) is 3.16. The summed E-state index contributed by atoms with van der Waals surface area (Å²) in [7, 11) is -2.42. The van der Waals surface area contributed by atoms with E-state index >= 15 is 0 Å². The second-order valence-electron chi connectivity index (χ2n) is 6.61. The lowest BCUT2D eigenvalue weighted by molar-refractivity contribution is 0.180. The molecule has 1 aliphatic rings. The largest absolute Gasteiger partial charge is 0.494 e. The van der Waals surface area contributed by atoms with Crippen LogP contribution in [0.2, 0.25) is 0 Å². The Hall–Kier alpha value is -2.19. The van der Waals surface area contributed by atoms with Crippen LogP contribution in [0.4, 0.5) is 4.39 Å². The molecule has 146 valence electrons. The molecular formula is C19H23FN2O4S. The van der Waals surface area contributed by atoms with Crippen LogP contribution >= 0.6 is 0 Å². The third-order valence-corrected chi connectivity index (χ3v) is 6.46. The molecule has 27 heavy (non-hydrogen) atoms. The predicted octanol–water partition coefficient (Wildman–Crippen LogP) is 3.02. The number of piperidine rings is 1. The van der Waals surface area contributed by atoms with Crippen molar-refractivity contribution in [2.24, 2.45) is 5.92 Å². The molecule has 0 bridgehead atoms. The van der Waals surface area contributed by atoms with E-state index in [1.807, 2.05) is 13.0 Å². The van der Waals surface area contributed by atoms with Gasteiger partial charge in [0.15, 0.2) is 11.6 Å². The molecule has 8 heteroatoms. The first-order valence-electron chi connectivity index (χ1n) is 8.79. The van der Waals surface area contributed by atoms with Crippen LogP contribution in [-0.2, 0) is 10.0 Å². The first kappa shape index (κ1) is 19.6. The van der Waals surface area contributed by atoms with E-state index in [9.17, 15) is 12.8 Å². The number of aryl methyl sites for hydroxylation is 1. The summed E-state index contributed by atoms with van der Waals surface area (Å²) in [6.45, 7) is 3.07. The average molecular weight is 394 g/mol. The van der Waals surface area contributed by atoms with Crippen LogP contribution in [0.5, 0.6) is 11.5 Å². The Kier molecular flexibility index (Phi) is 5.96. The van der Waals surface area contributed by atoms with Crippen molar-refractivity contribution < 1.29 is 22.3 Å². The zero-order valence-corrected chi connectivity index (χ0v) is 16.2. The van der Waals surface area contributed by atoms with E-state index < -0.39 is 15.8 Å². The monoisotopic (exact) mass is 394 g/mol. The van der Waals surface area contributed by atoms with Gasteiger partial charge < -0.3 is 9.47 Å². The van der Waals surface area contributed by atoms with Gasteiger partial charge in [0.1, 0.15) is 5.75 Å². The molecule has 2 heterocycles. The Morgan fingerprint density at radius 1 is 1.30 bits per heavy atom. The predicted molar refractivity (Wildman–Crippen MR) is 98.9 cm³/mol. The van der Waals surface area contributed by atoms with Crippen molar-refractivity contribution in [1.29, 1.82) is 0 Å². The van der Waals surface area contributed by atoms with Crippen LogP contribution in [0, 0.1) is 18.7 Å². The Labute approximate surface area is 159 Å². The normalized spacial score (nSPS) is 18.3. The number of hydrogen-bond acceptors (Lipinski definition) is 5. The van der Waals surface area contributed by atoms with Crippen molar-refractivity contribution in [3.05, 3.63) is 48.0 Å². The molecule has 2 aromatic rings. The number of benzene rings is 1. The van der Waals surface area contributed by atoms with E-state index in [-0.39, 0.29) is 16.6 Å². The Balaban J connectivity index is 1.68. The highest BCUT2D eigenvalue weighted by Gasteiger charge is 2.31. The van der Waals surface area contributed by atoms with E-state index in [0.29, 0.717) is 19.7 Å². The van der Waals surface area contributed by atoms with E-state index in [0.717, 1.165) is 30.4 Å². The maximum absolute atomic E-state index is 13.9. The van der Waals surface area contributed by atoms with E-state index in [2.05, 4.69) is 4.98 Å². The van der Waals surface area contributed by atoms with Crippen molar-refractivity contribution in [2.45, 2.75) is 24.7 Å². The first-order chi connectivity index (χ1) is 12.9.